The summed E-state index contributed by atoms with van der Waals surface area (Å²) in [5, 5.41) is 14.3. The van der Waals surface area contributed by atoms with E-state index in [1.54, 1.807) is 7.11 Å². The highest BCUT2D eigenvalue weighted by molar-refractivity contribution is 5.83. The number of hydrogen-bond acceptors (Lipinski definition) is 4. The minimum absolute atomic E-state index is 0.0658. The molecule has 4 heteroatoms. The van der Waals surface area contributed by atoms with E-state index in [0.717, 1.165) is 28.9 Å². The number of aliphatic hydroxyl groups is 1. The van der Waals surface area contributed by atoms with Crippen LogP contribution in [0.3, 0.4) is 0 Å². The monoisotopic (exact) mass is 275 g/mol. The first-order valence-corrected chi connectivity index (χ1v) is 6.99. The number of furan rings is 1. The largest absolute Gasteiger partial charge is 0.493 e. The number of nitrogens with one attached hydrogen (secondary N) is 1. The van der Waals surface area contributed by atoms with Gasteiger partial charge in [0.15, 0.2) is 11.3 Å². The molecule has 0 radical (unpaired) electrons. The summed E-state index contributed by atoms with van der Waals surface area (Å²) in [5.74, 6) is 1.65. The average molecular weight is 275 g/mol. The molecule has 20 heavy (non-hydrogen) atoms. The van der Waals surface area contributed by atoms with E-state index in [-0.39, 0.29) is 11.5 Å². The lowest BCUT2D eigenvalue weighted by atomic mass is 9.64. The molecule has 2 N–H and O–H groups in total. The van der Waals surface area contributed by atoms with Crippen LogP contribution in [0.2, 0.25) is 0 Å². The van der Waals surface area contributed by atoms with Crippen LogP contribution in [0.25, 0.3) is 11.0 Å². The molecule has 1 aromatic heterocycles. The van der Waals surface area contributed by atoms with Gasteiger partial charge < -0.3 is 19.6 Å². The first kappa shape index (κ1) is 13.5. The number of rotatable bonds is 4. The van der Waals surface area contributed by atoms with Gasteiger partial charge in [-0.2, -0.15) is 0 Å². The highest BCUT2D eigenvalue weighted by atomic mass is 16.5. The fourth-order valence-electron chi connectivity index (χ4n) is 2.81. The van der Waals surface area contributed by atoms with Crippen molar-refractivity contribution in [2.24, 2.45) is 5.41 Å². The molecule has 1 saturated carbocycles. The maximum absolute atomic E-state index is 9.75. The third kappa shape index (κ3) is 2.09. The molecule has 0 bridgehead atoms. The molecule has 2 aromatic rings. The molecule has 1 aliphatic carbocycles. The summed E-state index contributed by atoms with van der Waals surface area (Å²) in [6.07, 6.45) is 0.590. The van der Waals surface area contributed by atoms with E-state index in [1.165, 1.54) is 0 Å². The van der Waals surface area contributed by atoms with Gasteiger partial charge in [-0.25, -0.2) is 0 Å². The number of hydrogen-bond donors (Lipinski definition) is 2. The topological polar surface area (TPSA) is 54.6 Å². The van der Waals surface area contributed by atoms with Gasteiger partial charge in [-0.1, -0.05) is 26.0 Å². The number of methoxy groups -OCH3 is 1. The van der Waals surface area contributed by atoms with E-state index in [9.17, 15) is 5.11 Å². The van der Waals surface area contributed by atoms with Crippen LogP contribution >= 0.6 is 0 Å². The van der Waals surface area contributed by atoms with Crippen LogP contribution < -0.4 is 10.1 Å². The van der Waals surface area contributed by atoms with Crippen molar-refractivity contribution >= 4 is 11.0 Å². The first-order valence-electron chi connectivity index (χ1n) is 6.99. The van der Waals surface area contributed by atoms with Gasteiger partial charge in [-0.05, 0) is 18.6 Å². The molecule has 4 nitrogen and oxygen atoms in total. The van der Waals surface area contributed by atoms with Crippen LogP contribution in [0.4, 0.5) is 0 Å². The van der Waals surface area contributed by atoms with Crippen molar-refractivity contribution in [1.29, 1.82) is 0 Å². The van der Waals surface area contributed by atoms with Gasteiger partial charge in [-0.15, -0.1) is 0 Å². The Balaban J connectivity index is 1.73. The van der Waals surface area contributed by atoms with Crippen LogP contribution in [0.15, 0.2) is 28.7 Å². The molecule has 0 amide bonds. The first-order chi connectivity index (χ1) is 9.52. The van der Waals surface area contributed by atoms with E-state index in [4.69, 9.17) is 9.15 Å². The van der Waals surface area contributed by atoms with E-state index in [0.29, 0.717) is 12.6 Å². The highest BCUT2D eigenvalue weighted by Crippen LogP contribution is 2.40. The SMILES string of the molecule is COc1cccc2cc(CNC3CC(O)C3(C)C)oc12. The standard InChI is InChI=1S/C16H21NO3/c1-16(2)13(8-14(16)18)17-9-11-7-10-5-4-6-12(19-3)15(10)20-11/h4-7,13-14,17-18H,8-9H2,1-3H3. The summed E-state index contributed by atoms with van der Waals surface area (Å²) in [4.78, 5) is 0. The summed E-state index contributed by atoms with van der Waals surface area (Å²) in [5.41, 5.74) is 0.726. The van der Waals surface area contributed by atoms with Gasteiger partial charge in [0, 0.05) is 16.8 Å². The molecule has 3 rings (SSSR count). The Hall–Kier alpha value is -1.52. The van der Waals surface area contributed by atoms with Gasteiger partial charge >= 0.3 is 0 Å². The number of fused-ring (bicyclic) bond motifs is 1. The Labute approximate surface area is 118 Å². The van der Waals surface area contributed by atoms with Crippen molar-refractivity contribution < 1.29 is 14.3 Å². The summed E-state index contributed by atoms with van der Waals surface area (Å²) >= 11 is 0. The Morgan fingerprint density at radius 1 is 1.45 bits per heavy atom. The Morgan fingerprint density at radius 2 is 2.25 bits per heavy atom. The Morgan fingerprint density at radius 3 is 2.90 bits per heavy atom. The number of ether oxygens (including phenoxy) is 1. The number of aliphatic hydroxyl groups excluding tert-OH is 1. The number of para-hydroxylation sites is 1. The molecule has 1 aliphatic rings. The summed E-state index contributed by atoms with van der Waals surface area (Å²) < 4.78 is 11.2. The smallest absolute Gasteiger partial charge is 0.176 e. The predicted molar refractivity (Wildman–Crippen MR) is 77.8 cm³/mol. The zero-order valence-corrected chi connectivity index (χ0v) is 12.1. The summed E-state index contributed by atoms with van der Waals surface area (Å²) in [6, 6.07) is 8.23. The van der Waals surface area contributed by atoms with Crippen molar-refractivity contribution in [3.63, 3.8) is 0 Å². The lowest BCUT2D eigenvalue weighted by Crippen LogP contribution is -2.59. The van der Waals surface area contributed by atoms with Gasteiger partial charge in [0.05, 0.1) is 19.8 Å². The lowest BCUT2D eigenvalue weighted by molar-refractivity contribution is -0.0733. The normalized spacial score (nSPS) is 24.6. The van der Waals surface area contributed by atoms with Gasteiger partial charge in [0.25, 0.3) is 0 Å². The zero-order chi connectivity index (χ0) is 14.3. The van der Waals surface area contributed by atoms with Crippen molar-refractivity contribution in [2.45, 2.75) is 39.0 Å². The highest BCUT2D eigenvalue weighted by Gasteiger charge is 2.46. The third-order valence-electron chi connectivity index (χ3n) is 4.52. The van der Waals surface area contributed by atoms with E-state index < -0.39 is 0 Å². The Kier molecular flexibility index (Phi) is 3.22. The van der Waals surface area contributed by atoms with Crippen molar-refractivity contribution in [2.75, 3.05) is 7.11 Å². The van der Waals surface area contributed by atoms with Gasteiger partial charge in [0.1, 0.15) is 5.76 Å². The molecule has 0 spiro atoms. The summed E-state index contributed by atoms with van der Waals surface area (Å²) in [6.45, 7) is 4.83. The van der Waals surface area contributed by atoms with Crippen molar-refractivity contribution in [1.82, 2.24) is 5.32 Å². The molecule has 2 unspecified atom stereocenters. The minimum Gasteiger partial charge on any atom is -0.493 e. The second kappa shape index (κ2) is 4.79. The zero-order valence-electron chi connectivity index (χ0n) is 12.1. The molecule has 1 aromatic carbocycles. The predicted octanol–water partition coefficient (Wildman–Crippen LogP) is 2.69. The van der Waals surface area contributed by atoms with E-state index in [2.05, 4.69) is 19.2 Å². The van der Waals surface area contributed by atoms with Crippen LogP contribution in [0.1, 0.15) is 26.0 Å². The van der Waals surface area contributed by atoms with Crippen LogP contribution in [-0.4, -0.2) is 24.4 Å². The summed E-state index contributed by atoms with van der Waals surface area (Å²) in [7, 11) is 1.65. The van der Waals surface area contributed by atoms with Crippen molar-refractivity contribution in [3.8, 4) is 5.75 Å². The second-order valence-electron chi connectivity index (χ2n) is 6.10. The minimum atomic E-state index is -0.212. The average Bonchev–Trinajstić information content (AvgIpc) is 2.85. The Bertz CT molecular complexity index is 617. The molecular formula is C16H21NO3. The number of benzene rings is 1. The van der Waals surface area contributed by atoms with Crippen molar-refractivity contribution in [3.05, 3.63) is 30.0 Å². The van der Waals surface area contributed by atoms with Crippen LogP contribution in [0, 0.1) is 5.41 Å². The molecule has 1 fully saturated rings. The maximum atomic E-state index is 9.75. The second-order valence-corrected chi connectivity index (χ2v) is 6.10. The van der Waals surface area contributed by atoms with Gasteiger partial charge in [-0.3, -0.25) is 0 Å². The van der Waals surface area contributed by atoms with E-state index in [1.807, 2.05) is 24.3 Å². The molecule has 2 atom stereocenters. The van der Waals surface area contributed by atoms with E-state index >= 15 is 0 Å². The quantitative estimate of drug-likeness (QED) is 0.900. The third-order valence-corrected chi connectivity index (χ3v) is 4.52. The molecule has 0 saturated heterocycles. The van der Waals surface area contributed by atoms with Crippen LogP contribution in [0.5, 0.6) is 5.75 Å². The van der Waals surface area contributed by atoms with Crippen LogP contribution in [-0.2, 0) is 6.54 Å². The lowest BCUT2D eigenvalue weighted by Gasteiger charge is -2.49. The molecule has 0 aliphatic heterocycles. The fourth-order valence-corrected chi connectivity index (χ4v) is 2.81. The fraction of sp³-hybridized carbons (Fsp3) is 0.500. The molecule has 108 valence electrons. The maximum Gasteiger partial charge on any atom is 0.176 e. The molecule has 1 heterocycles. The molecular weight excluding hydrogens is 254 g/mol. The van der Waals surface area contributed by atoms with Gasteiger partial charge in [0.2, 0.25) is 0 Å².